The predicted molar refractivity (Wildman–Crippen MR) is 114 cm³/mol. The van der Waals surface area contributed by atoms with Gasteiger partial charge >= 0.3 is 0 Å². The van der Waals surface area contributed by atoms with Gasteiger partial charge < -0.3 is 14.5 Å². The van der Waals surface area contributed by atoms with Gasteiger partial charge in [0.1, 0.15) is 0 Å². The van der Waals surface area contributed by atoms with Crippen LogP contribution >= 0.6 is 0 Å². The SMILES string of the molecule is CCOc1ccc(/C=N\NC(=O)c2ccc3[nH]c4c(c3c2)CCCC4)cc1OC. The highest BCUT2D eigenvalue weighted by atomic mass is 16.5. The van der Waals surface area contributed by atoms with Crippen molar-refractivity contribution in [1.82, 2.24) is 10.4 Å². The van der Waals surface area contributed by atoms with Crippen molar-refractivity contribution < 1.29 is 14.3 Å². The Balaban J connectivity index is 1.48. The Morgan fingerprint density at radius 1 is 1.17 bits per heavy atom. The van der Waals surface area contributed by atoms with Crippen LogP contribution in [0, 0.1) is 0 Å². The fraction of sp³-hybridized carbons (Fsp3) is 0.304. The van der Waals surface area contributed by atoms with E-state index in [4.69, 9.17) is 9.47 Å². The molecule has 4 rings (SSSR count). The molecule has 2 N–H and O–H groups in total. The molecule has 0 fully saturated rings. The monoisotopic (exact) mass is 391 g/mol. The largest absolute Gasteiger partial charge is 0.493 e. The number of aryl methyl sites for hydroxylation is 2. The number of nitrogens with zero attached hydrogens (tertiary/aromatic N) is 1. The number of rotatable bonds is 6. The molecule has 0 radical (unpaired) electrons. The average Bonchev–Trinajstić information content (AvgIpc) is 3.12. The van der Waals surface area contributed by atoms with Crippen molar-refractivity contribution in [2.45, 2.75) is 32.6 Å². The summed E-state index contributed by atoms with van der Waals surface area (Å²) < 4.78 is 10.8. The molecule has 0 saturated heterocycles. The number of ether oxygens (including phenoxy) is 2. The molecule has 3 aromatic rings. The fourth-order valence-electron chi connectivity index (χ4n) is 3.82. The number of amides is 1. The molecule has 1 aliphatic rings. The van der Waals surface area contributed by atoms with E-state index in [-0.39, 0.29) is 5.91 Å². The van der Waals surface area contributed by atoms with Crippen molar-refractivity contribution in [3.63, 3.8) is 0 Å². The maximum Gasteiger partial charge on any atom is 0.271 e. The number of hydrogen-bond donors (Lipinski definition) is 2. The smallest absolute Gasteiger partial charge is 0.271 e. The lowest BCUT2D eigenvalue weighted by Gasteiger charge is -2.10. The lowest BCUT2D eigenvalue weighted by Crippen LogP contribution is -2.17. The van der Waals surface area contributed by atoms with Crippen molar-refractivity contribution in [3.05, 3.63) is 58.8 Å². The van der Waals surface area contributed by atoms with Gasteiger partial charge in [0.2, 0.25) is 0 Å². The molecule has 0 aliphatic heterocycles. The van der Waals surface area contributed by atoms with E-state index in [1.807, 2.05) is 43.3 Å². The molecule has 0 spiro atoms. The van der Waals surface area contributed by atoms with E-state index >= 15 is 0 Å². The second-order valence-corrected chi connectivity index (χ2v) is 7.09. The summed E-state index contributed by atoms with van der Waals surface area (Å²) in [5.74, 6) is 1.08. The first-order valence-corrected chi connectivity index (χ1v) is 9.97. The van der Waals surface area contributed by atoms with Gasteiger partial charge in [0.15, 0.2) is 11.5 Å². The minimum Gasteiger partial charge on any atom is -0.493 e. The summed E-state index contributed by atoms with van der Waals surface area (Å²) in [6, 6.07) is 11.3. The molecule has 0 bridgehead atoms. The van der Waals surface area contributed by atoms with Crippen LogP contribution in [0.2, 0.25) is 0 Å². The van der Waals surface area contributed by atoms with E-state index in [1.165, 1.54) is 24.1 Å². The number of benzene rings is 2. The molecule has 150 valence electrons. The van der Waals surface area contributed by atoms with Crippen LogP contribution in [-0.4, -0.2) is 30.8 Å². The van der Waals surface area contributed by atoms with Crippen LogP contribution in [0.25, 0.3) is 10.9 Å². The Bertz CT molecular complexity index is 1070. The molecule has 6 heteroatoms. The van der Waals surface area contributed by atoms with Gasteiger partial charge in [-0.1, -0.05) is 0 Å². The number of aromatic amines is 1. The van der Waals surface area contributed by atoms with Crippen molar-refractivity contribution in [3.8, 4) is 11.5 Å². The van der Waals surface area contributed by atoms with Crippen molar-refractivity contribution in [2.24, 2.45) is 5.10 Å². The normalized spacial score (nSPS) is 13.4. The van der Waals surface area contributed by atoms with Gasteiger partial charge in [0.25, 0.3) is 5.91 Å². The van der Waals surface area contributed by atoms with Crippen molar-refractivity contribution >= 4 is 23.0 Å². The summed E-state index contributed by atoms with van der Waals surface area (Å²) >= 11 is 0. The average molecular weight is 391 g/mol. The third-order valence-electron chi connectivity index (χ3n) is 5.23. The lowest BCUT2D eigenvalue weighted by atomic mass is 9.95. The molecule has 1 aromatic heterocycles. The molecule has 6 nitrogen and oxygen atoms in total. The van der Waals surface area contributed by atoms with Crippen molar-refractivity contribution in [2.75, 3.05) is 13.7 Å². The predicted octanol–water partition coefficient (Wildman–Crippen LogP) is 4.22. The molecule has 0 saturated carbocycles. The Labute approximate surface area is 169 Å². The van der Waals surface area contributed by atoms with Crippen LogP contribution in [-0.2, 0) is 12.8 Å². The summed E-state index contributed by atoms with van der Waals surface area (Å²) in [7, 11) is 1.59. The summed E-state index contributed by atoms with van der Waals surface area (Å²) in [6.45, 7) is 2.49. The second kappa shape index (κ2) is 8.39. The number of H-pyrrole nitrogens is 1. The molecule has 1 heterocycles. The van der Waals surface area contributed by atoms with Crippen LogP contribution in [0.15, 0.2) is 41.5 Å². The van der Waals surface area contributed by atoms with E-state index in [2.05, 4.69) is 15.5 Å². The highest BCUT2D eigenvalue weighted by Gasteiger charge is 2.16. The van der Waals surface area contributed by atoms with Gasteiger partial charge in [0, 0.05) is 22.2 Å². The molecule has 1 amide bonds. The van der Waals surface area contributed by atoms with E-state index in [0.717, 1.165) is 29.3 Å². The zero-order valence-corrected chi connectivity index (χ0v) is 16.7. The zero-order valence-electron chi connectivity index (χ0n) is 16.7. The molecule has 1 aliphatic carbocycles. The molecule has 2 aromatic carbocycles. The van der Waals surface area contributed by atoms with E-state index in [9.17, 15) is 4.79 Å². The standard InChI is InChI=1S/C23H25N3O3/c1-3-29-21-11-8-15(12-22(21)28-2)14-24-26-23(27)16-9-10-20-18(13-16)17-6-4-5-7-19(17)25-20/h8-14,25H,3-7H2,1-2H3,(H,26,27)/b24-14-. The summed E-state index contributed by atoms with van der Waals surface area (Å²) in [5, 5.41) is 5.24. The van der Waals surface area contributed by atoms with E-state index in [0.29, 0.717) is 23.7 Å². The topological polar surface area (TPSA) is 75.7 Å². The third-order valence-corrected chi connectivity index (χ3v) is 5.23. The number of aromatic nitrogens is 1. The number of nitrogens with one attached hydrogen (secondary N) is 2. The van der Waals surface area contributed by atoms with Gasteiger partial charge in [-0.25, -0.2) is 5.43 Å². The van der Waals surface area contributed by atoms with Crippen LogP contribution < -0.4 is 14.9 Å². The van der Waals surface area contributed by atoms with E-state index in [1.54, 1.807) is 13.3 Å². The second-order valence-electron chi connectivity index (χ2n) is 7.09. The van der Waals surface area contributed by atoms with E-state index < -0.39 is 0 Å². The van der Waals surface area contributed by atoms with Crippen LogP contribution in [0.1, 0.15) is 46.9 Å². The van der Waals surface area contributed by atoms with Crippen LogP contribution in [0.4, 0.5) is 0 Å². The molecule has 0 unspecified atom stereocenters. The first-order chi connectivity index (χ1) is 14.2. The third kappa shape index (κ3) is 3.97. The van der Waals surface area contributed by atoms with Gasteiger partial charge in [-0.2, -0.15) is 5.10 Å². The summed E-state index contributed by atoms with van der Waals surface area (Å²) in [4.78, 5) is 16.0. The minimum absolute atomic E-state index is 0.230. The van der Waals surface area contributed by atoms with Crippen molar-refractivity contribution in [1.29, 1.82) is 0 Å². The zero-order chi connectivity index (χ0) is 20.2. The maximum absolute atomic E-state index is 12.6. The number of fused-ring (bicyclic) bond motifs is 3. The maximum atomic E-state index is 12.6. The Morgan fingerprint density at radius 3 is 2.86 bits per heavy atom. The number of methoxy groups -OCH3 is 1. The van der Waals surface area contributed by atoms with Gasteiger partial charge in [-0.15, -0.1) is 0 Å². The molecular formula is C23H25N3O3. The minimum atomic E-state index is -0.230. The molecule has 29 heavy (non-hydrogen) atoms. The Kier molecular flexibility index (Phi) is 5.51. The number of hydrogen-bond acceptors (Lipinski definition) is 4. The Hall–Kier alpha value is -3.28. The van der Waals surface area contributed by atoms with Gasteiger partial charge in [-0.05, 0) is 80.1 Å². The number of hydrazone groups is 1. The van der Waals surface area contributed by atoms with Gasteiger partial charge in [-0.3, -0.25) is 4.79 Å². The molecule has 0 atom stereocenters. The highest BCUT2D eigenvalue weighted by Crippen LogP contribution is 2.30. The highest BCUT2D eigenvalue weighted by molar-refractivity contribution is 5.99. The van der Waals surface area contributed by atoms with Gasteiger partial charge in [0.05, 0.1) is 19.9 Å². The summed E-state index contributed by atoms with van der Waals surface area (Å²) in [5.41, 5.74) is 7.78. The first-order valence-electron chi connectivity index (χ1n) is 9.97. The van der Waals surface area contributed by atoms with Crippen LogP contribution in [0.3, 0.4) is 0 Å². The van der Waals surface area contributed by atoms with Crippen LogP contribution in [0.5, 0.6) is 11.5 Å². The molecular weight excluding hydrogens is 366 g/mol. The number of carbonyl (C=O) groups excluding carboxylic acids is 1. The fourth-order valence-corrected chi connectivity index (χ4v) is 3.82. The quantitative estimate of drug-likeness (QED) is 0.488. The Morgan fingerprint density at radius 2 is 2.03 bits per heavy atom. The number of carbonyl (C=O) groups is 1. The summed E-state index contributed by atoms with van der Waals surface area (Å²) in [6.07, 6.45) is 6.16. The first kappa shape index (κ1) is 19.1. The lowest BCUT2D eigenvalue weighted by molar-refractivity contribution is 0.0955.